The number of unbranched alkanes of at least 4 members (excludes halogenated alkanes) is 2. The molecule has 1 atom stereocenters. The summed E-state index contributed by atoms with van der Waals surface area (Å²) in [4.78, 5) is 41.2. The van der Waals surface area contributed by atoms with Crippen molar-refractivity contribution in [3.05, 3.63) is 53.3 Å². The van der Waals surface area contributed by atoms with Crippen LogP contribution < -0.4 is 10.1 Å². The monoisotopic (exact) mass is 571 g/mol. The smallest absolute Gasteiger partial charge is 0.491 e. The van der Waals surface area contributed by atoms with Crippen LogP contribution in [0.4, 0.5) is 18.9 Å². The van der Waals surface area contributed by atoms with Crippen molar-refractivity contribution in [2.24, 2.45) is 5.92 Å². The predicted octanol–water partition coefficient (Wildman–Crippen LogP) is 5.91. The number of esters is 2. The highest BCUT2D eigenvalue weighted by Crippen LogP contribution is 2.23. The number of nitrogens with zero attached hydrogens (tertiary/aromatic N) is 2. The molecule has 1 unspecified atom stereocenters. The number of pyridine rings is 1. The number of ether oxygens (including phenoxy) is 2. The van der Waals surface area contributed by atoms with Crippen LogP contribution in [0.5, 0.6) is 5.75 Å². The fourth-order valence-electron chi connectivity index (χ4n) is 3.53. The number of hydrogen-bond acceptors (Lipinski definition) is 7. The Kier molecular flexibility index (Phi) is 13.0. The maximum atomic E-state index is 13.4. The Morgan fingerprint density at radius 3 is 2.49 bits per heavy atom. The average molecular weight is 572 g/mol. The van der Waals surface area contributed by atoms with Crippen LogP contribution in [0.2, 0.25) is 5.02 Å². The minimum absolute atomic E-state index is 0.220. The van der Waals surface area contributed by atoms with E-state index < -0.39 is 18.1 Å². The van der Waals surface area contributed by atoms with E-state index in [0.717, 1.165) is 12.1 Å². The van der Waals surface area contributed by atoms with E-state index in [2.05, 4.69) is 15.0 Å². The van der Waals surface area contributed by atoms with Gasteiger partial charge in [0.2, 0.25) is 0 Å². The van der Waals surface area contributed by atoms with Crippen LogP contribution in [-0.2, 0) is 14.3 Å². The molecule has 0 bridgehead atoms. The number of rotatable bonds is 15. The molecule has 0 aliphatic rings. The van der Waals surface area contributed by atoms with E-state index in [0.29, 0.717) is 55.4 Å². The third-order valence-electron chi connectivity index (χ3n) is 5.76. The first kappa shape index (κ1) is 31.9. The van der Waals surface area contributed by atoms with E-state index >= 15 is 0 Å². The van der Waals surface area contributed by atoms with Crippen LogP contribution in [-0.4, -0.2) is 60.1 Å². The first-order valence-corrected chi connectivity index (χ1v) is 13.1. The molecule has 2 rings (SSSR count). The Morgan fingerprint density at radius 1 is 1.10 bits per heavy atom. The molecule has 214 valence electrons. The number of alkyl halides is 3. The van der Waals surface area contributed by atoms with E-state index in [1.165, 1.54) is 0 Å². The van der Waals surface area contributed by atoms with Gasteiger partial charge in [0.25, 0.3) is 5.91 Å². The van der Waals surface area contributed by atoms with Gasteiger partial charge in [-0.15, -0.1) is 0 Å². The number of halogens is 4. The Morgan fingerprint density at radius 2 is 1.82 bits per heavy atom. The lowest BCUT2D eigenvalue weighted by atomic mass is 10.1. The van der Waals surface area contributed by atoms with E-state index in [9.17, 15) is 27.6 Å². The molecule has 0 aliphatic carbocycles. The number of nitrogens with one attached hydrogen (secondary N) is 1. The zero-order chi connectivity index (χ0) is 28.8. The zero-order valence-electron chi connectivity index (χ0n) is 21.9. The van der Waals surface area contributed by atoms with E-state index in [4.69, 9.17) is 16.3 Å². The molecule has 1 N–H and O–H groups in total. The number of amides is 1. The molecular formula is C27H33ClF3N3O5. The van der Waals surface area contributed by atoms with Crippen LogP contribution in [0.15, 0.2) is 42.7 Å². The van der Waals surface area contributed by atoms with Gasteiger partial charge in [0.05, 0.1) is 0 Å². The summed E-state index contributed by atoms with van der Waals surface area (Å²) in [6.07, 6.45) is -0.146. The molecule has 39 heavy (non-hydrogen) atoms. The summed E-state index contributed by atoms with van der Waals surface area (Å²) in [5, 5.41) is 3.56. The standard InChI is InChI=1S/C27H33ClF3N3O5/c1-3-19(2)18-34(13-6-4-5-7-24(35)39-26(37)27(29,30)31)25(36)20-15-21(28)17-23(16-20)38-14-12-33-22-8-10-32-11-9-22/h8-11,15-17,19H,3-7,12-14,18H2,1-2H3,(H,32,33). The maximum Gasteiger partial charge on any atom is 0.491 e. The van der Waals surface area contributed by atoms with Gasteiger partial charge in [0.1, 0.15) is 12.4 Å². The van der Waals surface area contributed by atoms with Gasteiger partial charge in [-0.1, -0.05) is 38.3 Å². The third-order valence-corrected chi connectivity index (χ3v) is 5.98. The highest BCUT2D eigenvalue weighted by molar-refractivity contribution is 6.31. The minimum atomic E-state index is -5.21. The summed E-state index contributed by atoms with van der Waals surface area (Å²) in [5.74, 6) is -3.29. The molecule has 0 spiro atoms. The van der Waals surface area contributed by atoms with Gasteiger partial charge in [-0.25, -0.2) is 4.79 Å². The van der Waals surface area contributed by atoms with Crippen molar-refractivity contribution in [2.45, 2.75) is 52.1 Å². The number of benzene rings is 1. The van der Waals surface area contributed by atoms with Crippen molar-refractivity contribution in [2.75, 3.05) is 31.6 Å². The second-order valence-electron chi connectivity index (χ2n) is 9.02. The number of anilines is 1. The number of aromatic nitrogens is 1. The molecular weight excluding hydrogens is 539 g/mol. The van der Waals surface area contributed by atoms with Gasteiger partial charge in [0.15, 0.2) is 0 Å². The highest BCUT2D eigenvalue weighted by atomic mass is 35.5. The lowest BCUT2D eigenvalue weighted by Gasteiger charge is -2.26. The lowest BCUT2D eigenvalue weighted by molar-refractivity contribution is -0.201. The first-order valence-electron chi connectivity index (χ1n) is 12.7. The summed E-state index contributed by atoms with van der Waals surface area (Å²) in [6, 6.07) is 8.51. The molecule has 1 aromatic carbocycles. The third kappa shape index (κ3) is 11.9. The van der Waals surface area contributed by atoms with E-state index in [1.807, 2.05) is 26.0 Å². The largest absolute Gasteiger partial charge is 0.492 e. The van der Waals surface area contributed by atoms with Gasteiger partial charge in [-0.3, -0.25) is 14.6 Å². The Labute approximate surface area is 230 Å². The van der Waals surface area contributed by atoms with Crippen molar-refractivity contribution in [1.82, 2.24) is 9.88 Å². The molecule has 0 aliphatic heterocycles. The normalized spacial score (nSPS) is 11.9. The minimum Gasteiger partial charge on any atom is -0.492 e. The molecule has 2 aromatic rings. The van der Waals surface area contributed by atoms with Crippen molar-refractivity contribution >= 4 is 35.1 Å². The first-order chi connectivity index (χ1) is 18.5. The quantitative estimate of drug-likeness (QED) is 0.161. The summed E-state index contributed by atoms with van der Waals surface area (Å²) >= 11 is 6.27. The molecule has 8 nitrogen and oxygen atoms in total. The van der Waals surface area contributed by atoms with E-state index in [-0.39, 0.29) is 24.7 Å². The van der Waals surface area contributed by atoms with Crippen molar-refractivity contribution in [1.29, 1.82) is 0 Å². The van der Waals surface area contributed by atoms with Gasteiger partial charge >= 0.3 is 18.1 Å². The fourth-order valence-corrected chi connectivity index (χ4v) is 3.75. The average Bonchev–Trinajstić information content (AvgIpc) is 2.89. The molecule has 12 heteroatoms. The van der Waals surface area contributed by atoms with Crippen LogP contribution in [0.25, 0.3) is 0 Å². The molecule has 1 heterocycles. The van der Waals surface area contributed by atoms with Crippen molar-refractivity contribution in [3.63, 3.8) is 0 Å². The van der Waals surface area contributed by atoms with Gasteiger partial charge in [0, 0.05) is 54.7 Å². The number of carbonyl (C=O) groups excluding carboxylic acids is 3. The number of hydrogen-bond donors (Lipinski definition) is 1. The molecule has 0 saturated heterocycles. The molecule has 0 radical (unpaired) electrons. The Hall–Kier alpha value is -3.34. The second kappa shape index (κ2) is 15.9. The Bertz CT molecular complexity index is 1090. The SMILES string of the molecule is CCC(C)CN(CCCCCC(=O)OC(=O)C(F)(F)F)C(=O)c1cc(Cl)cc(OCCNc2ccncc2)c1. The summed E-state index contributed by atoms with van der Waals surface area (Å²) < 4.78 is 46.2. The van der Waals surface area contributed by atoms with Crippen LogP contribution in [0.3, 0.4) is 0 Å². The molecule has 1 aromatic heterocycles. The topological polar surface area (TPSA) is 97.8 Å². The summed E-state index contributed by atoms with van der Waals surface area (Å²) in [5.41, 5.74) is 1.28. The van der Waals surface area contributed by atoms with Crippen molar-refractivity contribution in [3.8, 4) is 5.75 Å². The maximum absolute atomic E-state index is 13.4. The van der Waals surface area contributed by atoms with Gasteiger partial charge in [-0.05, 0) is 49.1 Å². The van der Waals surface area contributed by atoms with Gasteiger partial charge < -0.3 is 19.7 Å². The molecule has 1 amide bonds. The van der Waals surface area contributed by atoms with E-state index in [1.54, 1.807) is 35.5 Å². The summed E-state index contributed by atoms with van der Waals surface area (Å²) in [7, 11) is 0. The highest BCUT2D eigenvalue weighted by Gasteiger charge is 2.42. The lowest BCUT2D eigenvalue weighted by Crippen LogP contribution is -2.35. The Balaban J connectivity index is 1.91. The fraction of sp³-hybridized carbons (Fsp3) is 0.481. The van der Waals surface area contributed by atoms with Gasteiger partial charge in [-0.2, -0.15) is 13.2 Å². The zero-order valence-corrected chi connectivity index (χ0v) is 22.7. The number of carbonyl (C=O) groups is 3. The van der Waals surface area contributed by atoms with Crippen LogP contribution >= 0.6 is 11.6 Å². The summed E-state index contributed by atoms with van der Waals surface area (Å²) in [6.45, 7) is 5.78. The van der Waals surface area contributed by atoms with Crippen LogP contribution in [0, 0.1) is 5.92 Å². The van der Waals surface area contributed by atoms with Crippen molar-refractivity contribution < 1.29 is 37.0 Å². The predicted molar refractivity (Wildman–Crippen MR) is 141 cm³/mol. The molecule has 0 fully saturated rings. The molecule has 0 saturated carbocycles. The second-order valence-corrected chi connectivity index (χ2v) is 9.46. The van der Waals surface area contributed by atoms with Crippen LogP contribution in [0.1, 0.15) is 56.3 Å².